The third-order valence-corrected chi connectivity index (χ3v) is 4.93. The Bertz CT molecular complexity index is 326. The van der Waals surface area contributed by atoms with Gasteiger partial charge in [-0.1, -0.05) is 0 Å². The van der Waals surface area contributed by atoms with E-state index in [-0.39, 0.29) is 11.8 Å². The smallest absolute Gasteiger partial charge is 0.228 e. The zero-order valence-electron chi connectivity index (χ0n) is 8.32. The van der Waals surface area contributed by atoms with Crippen molar-refractivity contribution < 1.29 is 17.9 Å². The summed E-state index contributed by atoms with van der Waals surface area (Å²) in [5.41, 5.74) is 0. The van der Waals surface area contributed by atoms with E-state index in [0.29, 0.717) is 19.8 Å². The van der Waals surface area contributed by atoms with Crippen molar-refractivity contribution in [3.63, 3.8) is 0 Å². The van der Waals surface area contributed by atoms with E-state index in [4.69, 9.17) is 21.1 Å². The summed E-state index contributed by atoms with van der Waals surface area (Å²) in [6.07, 6.45) is 1.50. The van der Waals surface area contributed by atoms with Crippen LogP contribution >= 0.6 is 11.6 Å². The van der Waals surface area contributed by atoms with Crippen LogP contribution in [0.15, 0.2) is 0 Å². The molecular weight excluding hydrogens is 242 g/mol. The zero-order valence-corrected chi connectivity index (χ0v) is 9.89. The minimum atomic E-state index is -3.35. The molecule has 0 amide bonds. The standard InChI is InChI=1S/C8H14ClNO4S/c9-7-15(11,12)10-3-1-2-8(6-10)13-4-5-14-8/h1-7H2. The Balaban J connectivity index is 2.10. The average Bonchev–Trinajstić information content (AvgIpc) is 2.66. The van der Waals surface area contributed by atoms with Crippen molar-refractivity contribution in [2.45, 2.75) is 18.6 Å². The molecule has 0 aromatic carbocycles. The average molecular weight is 256 g/mol. The molecule has 2 rings (SSSR count). The quantitative estimate of drug-likeness (QED) is 0.669. The minimum Gasteiger partial charge on any atom is -0.346 e. The van der Waals surface area contributed by atoms with Crippen LogP contribution in [0.4, 0.5) is 0 Å². The van der Waals surface area contributed by atoms with Crippen LogP contribution in [0, 0.1) is 0 Å². The van der Waals surface area contributed by atoms with Gasteiger partial charge in [-0.2, -0.15) is 4.31 Å². The fourth-order valence-electron chi connectivity index (χ4n) is 1.99. The number of ether oxygens (including phenoxy) is 2. The summed E-state index contributed by atoms with van der Waals surface area (Å²) in [5, 5.41) is -0.386. The third-order valence-electron chi connectivity index (χ3n) is 2.73. The molecule has 0 aromatic rings. The highest BCUT2D eigenvalue weighted by atomic mass is 35.5. The molecule has 0 bridgehead atoms. The topological polar surface area (TPSA) is 55.8 Å². The van der Waals surface area contributed by atoms with Crippen LogP contribution in [0.3, 0.4) is 0 Å². The monoisotopic (exact) mass is 255 g/mol. The van der Waals surface area contributed by atoms with Crippen molar-refractivity contribution in [1.29, 1.82) is 0 Å². The Morgan fingerprint density at radius 3 is 2.60 bits per heavy atom. The van der Waals surface area contributed by atoms with Gasteiger partial charge in [-0.15, -0.1) is 11.6 Å². The van der Waals surface area contributed by atoms with Crippen LogP contribution in [-0.2, 0) is 19.5 Å². The molecule has 0 atom stereocenters. The SMILES string of the molecule is O=S(=O)(CCl)N1CCCC2(C1)OCCO2. The summed E-state index contributed by atoms with van der Waals surface area (Å²) < 4.78 is 35.5. The molecule has 7 heteroatoms. The molecule has 0 N–H and O–H groups in total. The fraction of sp³-hybridized carbons (Fsp3) is 1.00. The van der Waals surface area contributed by atoms with Crippen molar-refractivity contribution in [3.05, 3.63) is 0 Å². The largest absolute Gasteiger partial charge is 0.346 e. The fourth-order valence-corrected chi connectivity index (χ4v) is 3.34. The second kappa shape index (κ2) is 4.18. The van der Waals surface area contributed by atoms with E-state index >= 15 is 0 Å². The lowest BCUT2D eigenvalue weighted by atomic mass is 10.1. The molecule has 2 heterocycles. The molecule has 0 saturated carbocycles. The van der Waals surface area contributed by atoms with Crippen molar-refractivity contribution in [3.8, 4) is 0 Å². The van der Waals surface area contributed by atoms with Gasteiger partial charge in [0.05, 0.1) is 19.8 Å². The van der Waals surface area contributed by atoms with E-state index in [2.05, 4.69) is 0 Å². The number of piperidine rings is 1. The number of nitrogens with zero attached hydrogens (tertiary/aromatic N) is 1. The molecular formula is C8H14ClNO4S. The van der Waals surface area contributed by atoms with E-state index in [1.807, 2.05) is 0 Å². The number of hydrogen-bond acceptors (Lipinski definition) is 4. The highest BCUT2D eigenvalue weighted by Crippen LogP contribution is 2.31. The molecule has 0 radical (unpaired) electrons. The number of halogens is 1. The lowest BCUT2D eigenvalue weighted by Crippen LogP contribution is -2.51. The van der Waals surface area contributed by atoms with Gasteiger partial charge in [0.25, 0.3) is 0 Å². The first-order valence-electron chi connectivity index (χ1n) is 4.90. The Morgan fingerprint density at radius 1 is 1.33 bits per heavy atom. The molecule has 0 aromatic heterocycles. The molecule has 0 unspecified atom stereocenters. The van der Waals surface area contributed by atoms with Gasteiger partial charge < -0.3 is 9.47 Å². The minimum absolute atomic E-state index is 0.266. The van der Waals surface area contributed by atoms with Gasteiger partial charge in [-0.25, -0.2) is 8.42 Å². The first kappa shape index (κ1) is 11.6. The van der Waals surface area contributed by atoms with Crippen molar-refractivity contribution in [1.82, 2.24) is 4.31 Å². The summed E-state index contributed by atoms with van der Waals surface area (Å²) in [7, 11) is -3.35. The number of hydrogen-bond donors (Lipinski definition) is 0. The van der Waals surface area contributed by atoms with Gasteiger partial charge in [0.15, 0.2) is 5.79 Å². The number of alkyl halides is 1. The van der Waals surface area contributed by atoms with Crippen LogP contribution in [0.2, 0.25) is 0 Å². The molecule has 2 fully saturated rings. The van der Waals surface area contributed by atoms with E-state index in [1.165, 1.54) is 4.31 Å². The molecule has 0 aliphatic carbocycles. The van der Waals surface area contributed by atoms with Gasteiger partial charge >= 0.3 is 0 Å². The van der Waals surface area contributed by atoms with Crippen LogP contribution in [0.1, 0.15) is 12.8 Å². The first-order valence-corrected chi connectivity index (χ1v) is 7.04. The van der Waals surface area contributed by atoms with E-state index in [9.17, 15) is 8.42 Å². The lowest BCUT2D eigenvalue weighted by molar-refractivity contribution is -0.179. The summed E-state index contributed by atoms with van der Waals surface area (Å²) in [5.74, 6) is -0.711. The second-order valence-corrected chi connectivity index (χ2v) is 6.32. The Hall–Kier alpha value is 0.120. The van der Waals surface area contributed by atoms with Crippen LogP contribution in [0.5, 0.6) is 0 Å². The predicted octanol–water partition coefficient (Wildman–Crippen LogP) is 0.351. The Kier molecular flexibility index (Phi) is 3.23. The number of rotatable bonds is 2. The first-order chi connectivity index (χ1) is 7.08. The lowest BCUT2D eigenvalue weighted by Gasteiger charge is -2.37. The van der Waals surface area contributed by atoms with Gasteiger partial charge in [0.2, 0.25) is 10.0 Å². The van der Waals surface area contributed by atoms with Crippen molar-refractivity contribution in [2.24, 2.45) is 0 Å². The van der Waals surface area contributed by atoms with Gasteiger partial charge in [-0.3, -0.25) is 0 Å². The molecule has 5 nitrogen and oxygen atoms in total. The third kappa shape index (κ3) is 2.29. The maximum atomic E-state index is 11.6. The summed E-state index contributed by atoms with van der Waals surface area (Å²) in [6, 6.07) is 0. The Morgan fingerprint density at radius 2 is 2.00 bits per heavy atom. The summed E-state index contributed by atoms with van der Waals surface area (Å²) in [6.45, 7) is 1.84. The van der Waals surface area contributed by atoms with Gasteiger partial charge in [0, 0.05) is 13.0 Å². The molecule has 2 aliphatic rings. The van der Waals surface area contributed by atoms with Crippen molar-refractivity contribution in [2.75, 3.05) is 31.5 Å². The second-order valence-electron chi connectivity index (χ2n) is 3.77. The summed E-state index contributed by atoms with van der Waals surface area (Å²) >= 11 is 5.41. The van der Waals surface area contributed by atoms with E-state index in [0.717, 1.165) is 12.8 Å². The Labute approximate surface area is 94.3 Å². The zero-order chi connectivity index (χ0) is 10.9. The summed E-state index contributed by atoms with van der Waals surface area (Å²) in [4.78, 5) is 0. The maximum Gasteiger partial charge on any atom is 0.228 e. The van der Waals surface area contributed by atoms with Gasteiger partial charge in [-0.05, 0) is 6.42 Å². The molecule has 15 heavy (non-hydrogen) atoms. The maximum absolute atomic E-state index is 11.6. The highest BCUT2D eigenvalue weighted by Gasteiger charge is 2.43. The van der Waals surface area contributed by atoms with Crippen LogP contribution < -0.4 is 0 Å². The van der Waals surface area contributed by atoms with Crippen LogP contribution in [0.25, 0.3) is 0 Å². The molecule has 2 aliphatic heterocycles. The highest BCUT2D eigenvalue weighted by molar-refractivity contribution is 7.90. The predicted molar refractivity (Wildman–Crippen MR) is 55.1 cm³/mol. The van der Waals surface area contributed by atoms with Crippen LogP contribution in [-0.4, -0.2) is 50.0 Å². The molecule has 88 valence electrons. The van der Waals surface area contributed by atoms with E-state index in [1.54, 1.807) is 0 Å². The van der Waals surface area contributed by atoms with E-state index < -0.39 is 15.8 Å². The number of sulfonamides is 1. The molecule has 1 spiro atoms. The molecule has 2 saturated heterocycles. The van der Waals surface area contributed by atoms with Gasteiger partial charge in [0.1, 0.15) is 5.21 Å². The normalized spacial score (nSPS) is 27.3. The van der Waals surface area contributed by atoms with Crippen molar-refractivity contribution >= 4 is 21.6 Å².